The van der Waals surface area contributed by atoms with Gasteiger partial charge in [-0.1, -0.05) is 18.2 Å². The van der Waals surface area contributed by atoms with E-state index in [2.05, 4.69) is 16.7 Å². The average Bonchev–Trinajstić information content (AvgIpc) is 2.93. The Bertz CT molecular complexity index is 1100. The highest BCUT2D eigenvalue weighted by Gasteiger charge is 2.44. The molecule has 1 saturated heterocycles. The SMILES string of the molecule is CC1=CC(=C=C2C(C#N)C(=C(C#N)C#N)OC2(C)C)C=C(C)N1c1ccccc1. The van der Waals surface area contributed by atoms with Crippen molar-refractivity contribution in [1.29, 1.82) is 15.8 Å². The molecule has 0 bridgehead atoms. The first-order chi connectivity index (χ1) is 13.8. The number of ether oxygens (including phenoxy) is 1. The van der Waals surface area contributed by atoms with E-state index in [0.717, 1.165) is 22.7 Å². The van der Waals surface area contributed by atoms with E-state index in [9.17, 15) is 15.8 Å². The van der Waals surface area contributed by atoms with Crippen LogP contribution >= 0.6 is 0 Å². The van der Waals surface area contributed by atoms with Gasteiger partial charge >= 0.3 is 0 Å². The van der Waals surface area contributed by atoms with Gasteiger partial charge in [-0.15, -0.1) is 5.73 Å². The molecule has 5 heteroatoms. The first kappa shape index (κ1) is 19.8. The van der Waals surface area contributed by atoms with Gasteiger partial charge in [0.1, 0.15) is 29.4 Å². The minimum absolute atomic E-state index is 0.105. The zero-order valence-corrected chi connectivity index (χ0v) is 16.8. The van der Waals surface area contributed by atoms with E-state index >= 15 is 0 Å². The summed E-state index contributed by atoms with van der Waals surface area (Å²) >= 11 is 0. The summed E-state index contributed by atoms with van der Waals surface area (Å²) in [5.74, 6) is -0.713. The average molecular weight is 380 g/mol. The third-order valence-electron chi connectivity index (χ3n) is 4.89. The fraction of sp³-hybridized carbons (Fsp3) is 0.250. The van der Waals surface area contributed by atoms with Crippen LogP contribution in [0, 0.1) is 39.9 Å². The first-order valence-corrected chi connectivity index (χ1v) is 9.18. The summed E-state index contributed by atoms with van der Waals surface area (Å²) in [7, 11) is 0. The summed E-state index contributed by atoms with van der Waals surface area (Å²) in [4.78, 5) is 2.14. The topological polar surface area (TPSA) is 83.8 Å². The van der Waals surface area contributed by atoms with Crippen molar-refractivity contribution in [2.24, 2.45) is 5.92 Å². The van der Waals surface area contributed by atoms with Crippen molar-refractivity contribution in [2.45, 2.75) is 33.3 Å². The van der Waals surface area contributed by atoms with E-state index in [1.165, 1.54) is 0 Å². The maximum absolute atomic E-state index is 9.71. The Labute approximate surface area is 171 Å². The number of rotatable bonds is 1. The largest absolute Gasteiger partial charge is 0.483 e. The van der Waals surface area contributed by atoms with Crippen LogP contribution in [0.1, 0.15) is 27.7 Å². The lowest BCUT2D eigenvalue weighted by atomic mass is 9.88. The third-order valence-corrected chi connectivity index (χ3v) is 4.89. The molecule has 1 atom stereocenters. The molecule has 0 radical (unpaired) electrons. The molecule has 0 spiro atoms. The summed E-state index contributed by atoms with van der Waals surface area (Å²) in [6, 6.07) is 15.9. The second kappa shape index (κ2) is 7.57. The fourth-order valence-corrected chi connectivity index (χ4v) is 3.65. The zero-order chi connectivity index (χ0) is 21.2. The zero-order valence-electron chi connectivity index (χ0n) is 16.8. The second-order valence-corrected chi connectivity index (χ2v) is 7.37. The van der Waals surface area contributed by atoms with Gasteiger partial charge in [0.15, 0.2) is 5.57 Å². The summed E-state index contributed by atoms with van der Waals surface area (Å²) in [5, 5.41) is 28.1. The molecule has 2 aliphatic rings. The molecule has 0 saturated carbocycles. The minimum Gasteiger partial charge on any atom is -0.483 e. The Kier molecular flexibility index (Phi) is 5.16. The van der Waals surface area contributed by atoms with Crippen LogP contribution in [0.15, 0.2) is 82.1 Å². The molecule has 1 fully saturated rings. The van der Waals surface area contributed by atoms with Crippen molar-refractivity contribution < 1.29 is 4.74 Å². The molecule has 142 valence electrons. The quantitative estimate of drug-likeness (QED) is 0.505. The van der Waals surface area contributed by atoms with Crippen LogP contribution in [0.25, 0.3) is 0 Å². The van der Waals surface area contributed by atoms with E-state index < -0.39 is 11.5 Å². The van der Waals surface area contributed by atoms with Crippen LogP contribution in [0.3, 0.4) is 0 Å². The van der Waals surface area contributed by atoms with Gasteiger partial charge in [0.2, 0.25) is 0 Å². The number of para-hydroxylation sites is 1. The molecule has 5 nitrogen and oxygen atoms in total. The van der Waals surface area contributed by atoms with Gasteiger partial charge in [-0.25, -0.2) is 0 Å². The maximum atomic E-state index is 9.71. The van der Waals surface area contributed by atoms with Crippen molar-refractivity contribution in [2.75, 3.05) is 4.90 Å². The van der Waals surface area contributed by atoms with Crippen molar-refractivity contribution in [1.82, 2.24) is 0 Å². The van der Waals surface area contributed by atoms with Crippen LogP contribution in [0.2, 0.25) is 0 Å². The number of hydrogen-bond donors (Lipinski definition) is 0. The lowest BCUT2D eigenvalue weighted by Gasteiger charge is -2.29. The highest BCUT2D eigenvalue weighted by molar-refractivity contribution is 5.62. The molecule has 2 aliphatic heterocycles. The number of allylic oxidation sites excluding steroid dienone is 6. The molecular weight excluding hydrogens is 360 g/mol. The van der Waals surface area contributed by atoms with E-state index in [0.29, 0.717) is 5.57 Å². The molecule has 29 heavy (non-hydrogen) atoms. The summed E-state index contributed by atoms with van der Waals surface area (Å²) in [5.41, 5.74) is 6.84. The van der Waals surface area contributed by atoms with E-state index in [1.807, 2.05) is 82.3 Å². The molecule has 2 heterocycles. The van der Waals surface area contributed by atoms with Gasteiger partial charge in [-0.05, 0) is 52.0 Å². The number of nitriles is 3. The smallest absolute Gasteiger partial charge is 0.169 e. The maximum Gasteiger partial charge on any atom is 0.169 e. The fourth-order valence-electron chi connectivity index (χ4n) is 3.65. The van der Waals surface area contributed by atoms with Gasteiger partial charge in [0, 0.05) is 28.2 Å². The highest BCUT2D eigenvalue weighted by atomic mass is 16.5. The Morgan fingerprint density at radius 3 is 2.10 bits per heavy atom. The standard InChI is InChI=1S/C24H20N4O/c1-16-10-18(11-17(2)28(16)20-8-6-5-7-9-20)12-22-21(15-27)23(19(13-25)14-26)29-24(22,3)4/h5-11,21H,1-4H3. The number of anilines is 1. The summed E-state index contributed by atoms with van der Waals surface area (Å²) in [6.07, 6.45) is 3.99. The summed E-state index contributed by atoms with van der Waals surface area (Å²) in [6.45, 7) is 7.66. The highest BCUT2D eigenvalue weighted by Crippen LogP contribution is 2.43. The predicted octanol–water partition coefficient (Wildman–Crippen LogP) is 5.02. The van der Waals surface area contributed by atoms with Gasteiger partial charge in [0.05, 0.1) is 6.07 Å². The lowest BCUT2D eigenvalue weighted by Crippen LogP contribution is -2.22. The van der Waals surface area contributed by atoms with Crippen LogP contribution in [0.5, 0.6) is 0 Å². The second-order valence-electron chi connectivity index (χ2n) is 7.37. The van der Waals surface area contributed by atoms with Crippen molar-refractivity contribution in [3.05, 3.63) is 82.1 Å². The number of hydrogen-bond acceptors (Lipinski definition) is 5. The van der Waals surface area contributed by atoms with E-state index in [-0.39, 0.29) is 11.3 Å². The Morgan fingerprint density at radius 2 is 1.59 bits per heavy atom. The molecule has 1 aromatic carbocycles. The summed E-state index contributed by atoms with van der Waals surface area (Å²) < 4.78 is 5.84. The molecule has 0 aromatic heterocycles. The van der Waals surface area contributed by atoms with Crippen molar-refractivity contribution in [3.8, 4) is 18.2 Å². The molecular formula is C24H20N4O. The number of nitrogens with zero attached hydrogens (tertiary/aromatic N) is 4. The number of benzene rings is 1. The Balaban J connectivity index is 2.15. The molecule has 0 aliphatic carbocycles. The molecule has 1 aromatic rings. The van der Waals surface area contributed by atoms with Crippen LogP contribution in [0.4, 0.5) is 5.69 Å². The predicted molar refractivity (Wildman–Crippen MR) is 109 cm³/mol. The lowest BCUT2D eigenvalue weighted by molar-refractivity contribution is 0.100. The molecule has 0 N–H and O–H groups in total. The molecule has 3 rings (SSSR count). The van der Waals surface area contributed by atoms with Crippen LogP contribution in [-0.2, 0) is 4.74 Å². The van der Waals surface area contributed by atoms with Crippen molar-refractivity contribution >= 4 is 5.69 Å². The van der Waals surface area contributed by atoms with Crippen LogP contribution in [-0.4, -0.2) is 5.60 Å². The molecule has 1 unspecified atom stereocenters. The minimum atomic E-state index is -0.846. The first-order valence-electron chi connectivity index (χ1n) is 9.18. The van der Waals surface area contributed by atoms with Gasteiger partial charge in [-0.3, -0.25) is 0 Å². The third kappa shape index (κ3) is 3.59. The Morgan fingerprint density at radius 1 is 1.00 bits per heavy atom. The molecule has 0 amide bonds. The van der Waals surface area contributed by atoms with E-state index in [4.69, 9.17) is 4.74 Å². The Hall–Kier alpha value is -3.97. The van der Waals surface area contributed by atoms with Crippen molar-refractivity contribution in [3.63, 3.8) is 0 Å². The van der Waals surface area contributed by atoms with Crippen LogP contribution < -0.4 is 4.90 Å². The van der Waals surface area contributed by atoms with Gasteiger partial charge in [0.25, 0.3) is 0 Å². The monoisotopic (exact) mass is 380 g/mol. The van der Waals surface area contributed by atoms with E-state index in [1.54, 1.807) is 0 Å². The van der Waals surface area contributed by atoms with Gasteiger partial charge in [-0.2, -0.15) is 15.8 Å². The normalized spacial score (nSPS) is 19.8. The van der Waals surface area contributed by atoms with Gasteiger partial charge < -0.3 is 9.64 Å².